The molecule has 0 saturated heterocycles. The van der Waals surface area contributed by atoms with Crippen molar-refractivity contribution in [2.24, 2.45) is 5.84 Å². The second-order valence-corrected chi connectivity index (χ2v) is 4.88. The molecule has 0 aliphatic heterocycles. The van der Waals surface area contributed by atoms with Crippen molar-refractivity contribution in [2.45, 2.75) is 6.04 Å². The molecule has 0 aliphatic carbocycles. The maximum absolute atomic E-state index is 14.0. The summed E-state index contributed by atoms with van der Waals surface area (Å²) >= 11 is 2.97. The summed E-state index contributed by atoms with van der Waals surface area (Å²) in [5.74, 6) is 1.21. The van der Waals surface area contributed by atoms with Crippen molar-refractivity contribution in [1.82, 2.24) is 5.43 Å². The van der Waals surface area contributed by atoms with Gasteiger partial charge in [0.1, 0.15) is 23.3 Å². The smallest absolute Gasteiger partial charge is 0.142 e. The van der Waals surface area contributed by atoms with Gasteiger partial charge in [-0.15, -0.1) is 0 Å². The van der Waals surface area contributed by atoms with E-state index < -0.39 is 34.9 Å². The van der Waals surface area contributed by atoms with Gasteiger partial charge in [-0.25, -0.2) is 23.0 Å². The molecule has 1 unspecified atom stereocenters. The van der Waals surface area contributed by atoms with E-state index in [9.17, 15) is 17.6 Å². The van der Waals surface area contributed by atoms with Gasteiger partial charge in [0.2, 0.25) is 0 Å². The van der Waals surface area contributed by atoms with Crippen LogP contribution in [0, 0.1) is 23.3 Å². The largest absolute Gasteiger partial charge is 0.271 e. The minimum Gasteiger partial charge on any atom is -0.271 e. The lowest BCUT2D eigenvalue weighted by Crippen LogP contribution is -2.31. The molecule has 0 aliphatic rings. The Morgan fingerprint density at radius 3 is 2.20 bits per heavy atom. The Labute approximate surface area is 120 Å². The molecule has 0 amide bonds. The lowest BCUT2D eigenvalue weighted by Gasteiger charge is -2.19. The predicted octanol–water partition coefficient (Wildman–Crippen LogP) is 3.56. The third-order valence-electron chi connectivity index (χ3n) is 2.79. The zero-order valence-corrected chi connectivity index (χ0v) is 11.5. The van der Waals surface area contributed by atoms with Crippen molar-refractivity contribution >= 4 is 15.9 Å². The molecular weight excluding hydrogens is 340 g/mol. The van der Waals surface area contributed by atoms with Crippen LogP contribution in [0.15, 0.2) is 34.8 Å². The van der Waals surface area contributed by atoms with Gasteiger partial charge in [-0.3, -0.25) is 5.84 Å². The summed E-state index contributed by atoms with van der Waals surface area (Å²) in [6, 6.07) is 3.99. The van der Waals surface area contributed by atoms with Crippen LogP contribution in [0.1, 0.15) is 17.2 Å². The summed E-state index contributed by atoms with van der Waals surface area (Å²) in [6.07, 6.45) is 0. The number of hydrazine groups is 1. The third-order valence-corrected chi connectivity index (χ3v) is 3.40. The molecule has 2 rings (SSSR count). The van der Waals surface area contributed by atoms with E-state index in [2.05, 4.69) is 21.4 Å². The highest BCUT2D eigenvalue weighted by molar-refractivity contribution is 9.10. The van der Waals surface area contributed by atoms with Crippen molar-refractivity contribution in [3.8, 4) is 0 Å². The zero-order chi connectivity index (χ0) is 14.9. The van der Waals surface area contributed by atoms with Crippen LogP contribution in [-0.2, 0) is 0 Å². The average Bonchev–Trinajstić information content (AvgIpc) is 2.37. The fourth-order valence-electron chi connectivity index (χ4n) is 1.90. The van der Waals surface area contributed by atoms with Crippen molar-refractivity contribution in [1.29, 1.82) is 0 Å². The molecule has 0 saturated carbocycles. The van der Waals surface area contributed by atoms with Crippen molar-refractivity contribution in [3.05, 3.63) is 69.2 Å². The fourth-order valence-corrected chi connectivity index (χ4v) is 2.28. The van der Waals surface area contributed by atoms with Crippen LogP contribution in [-0.4, -0.2) is 0 Å². The van der Waals surface area contributed by atoms with E-state index in [0.29, 0.717) is 12.1 Å². The first kappa shape index (κ1) is 15.0. The van der Waals surface area contributed by atoms with Crippen LogP contribution in [0.2, 0.25) is 0 Å². The molecule has 0 bridgehead atoms. The van der Waals surface area contributed by atoms with E-state index in [0.717, 1.165) is 0 Å². The van der Waals surface area contributed by atoms with E-state index in [4.69, 9.17) is 5.84 Å². The number of benzene rings is 2. The summed E-state index contributed by atoms with van der Waals surface area (Å²) in [7, 11) is 0. The minimum absolute atomic E-state index is 0.0636. The molecule has 106 valence electrons. The van der Waals surface area contributed by atoms with Crippen molar-refractivity contribution < 1.29 is 17.6 Å². The first-order valence-corrected chi connectivity index (χ1v) is 6.29. The Morgan fingerprint density at radius 2 is 1.65 bits per heavy atom. The summed E-state index contributed by atoms with van der Waals surface area (Å²) in [5, 5.41) is 0. The van der Waals surface area contributed by atoms with Gasteiger partial charge in [-0.2, -0.15) is 0 Å². The van der Waals surface area contributed by atoms with Gasteiger partial charge in [0.05, 0.1) is 10.5 Å². The van der Waals surface area contributed by atoms with Crippen molar-refractivity contribution in [2.75, 3.05) is 0 Å². The highest BCUT2D eigenvalue weighted by Crippen LogP contribution is 2.31. The summed E-state index contributed by atoms with van der Waals surface area (Å²) in [6.45, 7) is 0. The monoisotopic (exact) mass is 348 g/mol. The van der Waals surface area contributed by atoms with Crippen LogP contribution in [0.25, 0.3) is 0 Å². The molecule has 3 N–H and O–H groups in total. The first-order valence-electron chi connectivity index (χ1n) is 5.50. The quantitative estimate of drug-likeness (QED) is 0.505. The number of rotatable bonds is 3. The fraction of sp³-hybridized carbons (Fsp3) is 0.0769. The highest BCUT2D eigenvalue weighted by Gasteiger charge is 2.25. The Balaban J connectivity index is 2.62. The van der Waals surface area contributed by atoms with Crippen LogP contribution < -0.4 is 11.3 Å². The SMILES string of the molecule is NNC(c1cccc(Br)c1F)c1c(F)cc(F)cc1F. The van der Waals surface area contributed by atoms with E-state index in [1.165, 1.54) is 18.2 Å². The molecule has 0 heterocycles. The summed E-state index contributed by atoms with van der Waals surface area (Å²) < 4.78 is 54.6. The molecule has 7 heteroatoms. The number of hydrogen-bond donors (Lipinski definition) is 2. The highest BCUT2D eigenvalue weighted by atomic mass is 79.9. The van der Waals surface area contributed by atoms with Gasteiger partial charge < -0.3 is 0 Å². The molecule has 2 aromatic rings. The van der Waals surface area contributed by atoms with Gasteiger partial charge in [-0.1, -0.05) is 12.1 Å². The molecule has 0 fully saturated rings. The standard InChI is InChI=1S/C13H9BrF4N2/c14-8-3-1-2-7(12(8)18)13(20-19)11-9(16)4-6(15)5-10(11)17/h1-5,13,20H,19H2. The zero-order valence-electron chi connectivity index (χ0n) is 9.93. The van der Waals surface area contributed by atoms with Crippen molar-refractivity contribution in [3.63, 3.8) is 0 Å². The lowest BCUT2D eigenvalue weighted by atomic mass is 9.97. The molecule has 0 aromatic heterocycles. The van der Waals surface area contributed by atoms with Gasteiger partial charge in [0, 0.05) is 23.3 Å². The maximum Gasteiger partial charge on any atom is 0.142 e. The molecule has 0 spiro atoms. The third kappa shape index (κ3) is 2.70. The Bertz CT molecular complexity index is 625. The molecule has 2 aromatic carbocycles. The molecular formula is C13H9BrF4N2. The van der Waals surface area contributed by atoms with Gasteiger partial charge in [0.25, 0.3) is 0 Å². The molecule has 0 radical (unpaired) electrons. The van der Waals surface area contributed by atoms with E-state index >= 15 is 0 Å². The number of nitrogens with two attached hydrogens (primary N) is 1. The van der Waals surface area contributed by atoms with Gasteiger partial charge >= 0.3 is 0 Å². The number of nitrogens with one attached hydrogen (secondary N) is 1. The van der Waals surface area contributed by atoms with Gasteiger partial charge in [-0.05, 0) is 22.0 Å². The Morgan fingerprint density at radius 1 is 1.05 bits per heavy atom. The van der Waals surface area contributed by atoms with Gasteiger partial charge in [0.15, 0.2) is 0 Å². The Kier molecular flexibility index (Phi) is 4.42. The molecule has 1 atom stereocenters. The van der Waals surface area contributed by atoms with Crippen LogP contribution in [0.4, 0.5) is 17.6 Å². The summed E-state index contributed by atoms with van der Waals surface area (Å²) in [4.78, 5) is 0. The lowest BCUT2D eigenvalue weighted by molar-refractivity contribution is 0.481. The number of hydrogen-bond acceptors (Lipinski definition) is 2. The molecule has 20 heavy (non-hydrogen) atoms. The second-order valence-electron chi connectivity index (χ2n) is 4.03. The summed E-state index contributed by atoms with van der Waals surface area (Å²) in [5.41, 5.74) is 1.53. The maximum atomic E-state index is 14.0. The topological polar surface area (TPSA) is 38.0 Å². The van der Waals surface area contributed by atoms with Crippen LogP contribution in [0.3, 0.4) is 0 Å². The number of halogens is 5. The normalized spacial score (nSPS) is 12.5. The molecule has 2 nitrogen and oxygen atoms in total. The first-order chi connectivity index (χ1) is 9.45. The average molecular weight is 349 g/mol. The second kappa shape index (κ2) is 5.90. The van der Waals surface area contributed by atoms with E-state index in [-0.39, 0.29) is 10.0 Å². The Hall–Kier alpha value is -1.44. The van der Waals surface area contributed by atoms with E-state index in [1.54, 1.807) is 0 Å². The minimum atomic E-state index is -1.28. The van der Waals surface area contributed by atoms with Crippen LogP contribution >= 0.6 is 15.9 Å². The van der Waals surface area contributed by atoms with Crippen LogP contribution in [0.5, 0.6) is 0 Å². The van der Waals surface area contributed by atoms with E-state index in [1.807, 2.05) is 0 Å². The predicted molar refractivity (Wildman–Crippen MR) is 69.6 cm³/mol.